The third-order valence-electron chi connectivity index (χ3n) is 2.17. The molecule has 0 aliphatic rings. The van der Waals surface area contributed by atoms with Crippen molar-refractivity contribution in [2.75, 3.05) is 26.0 Å². The average Bonchev–Trinajstić information content (AvgIpc) is 2.38. The van der Waals surface area contributed by atoms with Gasteiger partial charge in [-0.3, -0.25) is 4.79 Å². The fourth-order valence-electron chi connectivity index (χ4n) is 1.30. The number of carboxylic acids is 1. The van der Waals surface area contributed by atoms with Gasteiger partial charge >= 0.3 is 5.97 Å². The van der Waals surface area contributed by atoms with Gasteiger partial charge in [-0.05, 0) is 24.5 Å². The summed E-state index contributed by atoms with van der Waals surface area (Å²) in [6.07, 6.45) is 1.72. The number of carbonyl (C=O) groups excluding carboxylic acids is 1. The Bertz CT molecular complexity index is 467. The molecule has 0 bridgehead atoms. The van der Waals surface area contributed by atoms with Crippen molar-refractivity contribution in [1.29, 1.82) is 0 Å². The van der Waals surface area contributed by atoms with Crippen LogP contribution in [-0.2, 0) is 9.53 Å². The first-order chi connectivity index (χ1) is 9.04. The van der Waals surface area contributed by atoms with Crippen molar-refractivity contribution in [1.82, 2.24) is 5.32 Å². The summed E-state index contributed by atoms with van der Waals surface area (Å²) >= 11 is 1.22. The molecule has 104 valence electrons. The SMILES string of the molecule is CSc1cc(C(=O)NCCOCC(=O)O)ccc1F. The fraction of sp³-hybridized carbons (Fsp3) is 0.333. The standard InChI is InChI=1S/C12H14FNO4S/c1-19-10-6-8(2-3-9(10)13)12(17)14-4-5-18-7-11(15)16/h2-3,6H,4-5,7H2,1H3,(H,14,17)(H,15,16). The molecule has 0 aromatic heterocycles. The number of ether oxygens (including phenoxy) is 1. The first-order valence-corrected chi connectivity index (χ1v) is 6.68. The van der Waals surface area contributed by atoms with Crippen LogP contribution in [-0.4, -0.2) is 43.0 Å². The summed E-state index contributed by atoms with van der Waals surface area (Å²) in [4.78, 5) is 22.3. The van der Waals surface area contributed by atoms with E-state index in [1.807, 2.05) is 0 Å². The minimum absolute atomic E-state index is 0.106. The maximum atomic E-state index is 13.2. The molecule has 0 heterocycles. The molecular formula is C12H14FNO4S. The van der Waals surface area contributed by atoms with Gasteiger partial charge in [0.25, 0.3) is 5.91 Å². The second kappa shape index (κ2) is 7.75. The van der Waals surface area contributed by atoms with E-state index in [4.69, 9.17) is 9.84 Å². The number of thioether (sulfide) groups is 1. The van der Waals surface area contributed by atoms with Crippen LogP contribution in [0.5, 0.6) is 0 Å². The number of hydrogen-bond acceptors (Lipinski definition) is 4. The van der Waals surface area contributed by atoms with Gasteiger partial charge in [0.2, 0.25) is 0 Å². The van der Waals surface area contributed by atoms with Gasteiger partial charge in [0.15, 0.2) is 0 Å². The van der Waals surface area contributed by atoms with E-state index in [9.17, 15) is 14.0 Å². The second-order valence-electron chi connectivity index (χ2n) is 3.55. The topological polar surface area (TPSA) is 75.6 Å². The highest BCUT2D eigenvalue weighted by molar-refractivity contribution is 7.98. The van der Waals surface area contributed by atoms with Crippen molar-refractivity contribution >= 4 is 23.6 Å². The van der Waals surface area contributed by atoms with Crippen LogP contribution in [0.2, 0.25) is 0 Å². The fourth-order valence-corrected chi connectivity index (χ4v) is 1.81. The van der Waals surface area contributed by atoms with Crippen LogP contribution in [0.4, 0.5) is 4.39 Å². The zero-order valence-corrected chi connectivity index (χ0v) is 11.1. The molecule has 0 unspecified atom stereocenters. The van der Waals surface area contributed by atoms with Crippen LogP contribution < -0.4 is 5.32 Å². The van der Waals surface area contributed by atoms with Crippen molar-refractivity contribution < 1.29 is 23.8 Å². The Kier molecular flexibility index (Phi) is 6.31. The molecule has 0 saturated carbocycles. The van der Waals surface area contributed by atoms with Crippen LogP contribution >= 0.6 is 11.8 Å². The Balaban J connectivity index is 2.43. The van der Waals surface area contributed by atoms with Crippen LogP contribution in [0.3, 0.4) is 0 Å². The molecule has 1 aromatic carbocycles. The summed E-state index contributed by atoms with van der Waals surface area (Å²) in [5.41, 5.74) is 0.351. The number of benzene rings is 1. The number of carbonyl (C=O) groups is 2. The number of nitrogens with one attached hydrogen (secondary N) is 1. The summed E-state index contributed by atoms with van der Waals surface area (Å²) < 4.78 is 18.0. The van der Waals surface area contributed by atoms with Gasteiger partial charge in [-0.1, -0.05) is 0 Å². The molecule has 1 aromatic rings. The van der Waals surface area contributed by atoms with Crippen LogP contribution in [0.1, 0.15) is 10.4 Å². The summed E-state index contributed by atoms with van der Waals surface area (Å²) in [5, 5.41) is 10.9. The molecule has 1 amide bonds. The van der Waals surface area contributed by atoms with Gasteiger partial charge in [0, 0.05) is 17.0 Å². The number of rotatable bonds is 7. The summed E-state index contributed by atoms with van der Waals surface area (Å²) in [6.45, 7) is -0.101. The molecule has 0 radical (unpaired) electrons. The van der Waals surface area contributed by atoms with E-state index in [-0.39, 0.29) is 24.9 Å². The molecular weight excluding hydrogens is 273 g/mol. The Morgan fingerprint density at radius 1 is 1.47 bits per heavy atom. The summed E-state index contributed by atoms with van der Waals surface area (Å²) in [7, 11) is 0. The van der Waals surface area contributed by atoms with Crippen LogP contribution in [0.15, 0.2) is 23.1 Å². The van der Waals surface area contributed by atoms with E-state index in [2.05, 4.69) is 5.32 Å². The number of hydrogen-bond donors (Lipinski definition) is 2. The molecule has 0 aliphatic heterocycles. The minimum atomic E-state index is -1.06. The summed E-state index contributed by atoms with van der Waals surface area (Å²) in [5.74, 6) is -1.78. The van der Waals surface area contributed by atoms with Gasteiger partial charge in [-0.2, -0.15) is 0 Å². The second-order valence-corrected chi connectivity index (χ2v) is 4.40. The summed E-state index contributed by atoms with van der Waals surface area (Å²) in [6, 6.07) is 4.09. The lowest BCUT2D eigenvalue weighted by Gasteiger charge is -2.07. The van der Waals surface area contributed by atoms with E-state index in [1.54, 1.807) is 6.26 Å². The molecule has 5 nitrogen and oxygen atoms in total. The highest BCUT2D eigenvalue weighted by Crippen LogP contribution is 2.20. The first-order valence-electron chi connectivity index (χ1n) is 5.46. The Hall–Kier alpha value is -1.60. The van der Waals surface area contributed by atoms with Crippen molar-refractivity contribution in [3.63, 3.8) is 0 Å². The van der Waals surface area contributed by atoms with Gasteiger partial charge in [-0.15, -0.1) is 11.8 Å². The molecule has 2 N–H and O–H groups in total. The van der Waals surface area contributed by atoms with Crippen molar-refractivity contribution in [3.8, 4) is 0 Å². The van der Waals surface area contributed by atoms with Gasteiger partial charge in [-0.25, -0.2) is 9.18 Å². The average molecular weight is 287 g/mol. The largest absolute Gasteiger partial charge is 0.480 e. The third-order valence-corrected chi connectivity index (χ3v) is 2.92. The maximum Gasteiger partial charge on any atom is 0.329 e. The molecule has 1 rings (SSSR count). The molecule has 0 aliphatic carbocycles. The Labute approximate surface area is 114 Å². The third kappa shape index (κ3) is 5.27. The highest BCUT2D eigenvalue weighted by atomic mass is 32.2. The molecule has 19 heavy (non-hydrogen) atoms. The smallest absolute Gasteiger partial charge is 0.329 e. The normalized spacial score (nSPS) is 10.2. The zero-order valence-electron chi connectivity index (χ0n) is 10.3. The maximum absolute atomic E-state index is 13.2. The lowest BCUT2D eigenvalue weighted by Crippen LogP contribution is -2.28. The molecule has 0 spiro atoms. The number of halogens is 1. The van der Waals surface area contributed by atoms with E-state index in [0.29, 0.717) is 10.5 Å². The molecule has 0 saturated heterocycles. The van der Waals surface area contributed by atoms with Gasteiger partial charge in [0.1, 0.15) is 12.4 Å². The molecule has 7 heteroatoms. The van der Waals surface area contributed by atoms with Gasteiger partial charge in [0.05, 0.1) is 6.61 Å². The van der Waals surface area contributed by atoms with E-state index in [1.165, 1.54) is 30.0 Å². The van der Waals surface area contributed by atoms with E-state index < -0.39 is 12.6 Å². The predicted molar refractivity (Wildman–Crippen MR) is 69.0 cm³/mol. The van der Waals surface area contributed by atoms with Crippen LogP contribution in [0.25, 0.3) is 0 Å². The number of amides is 1. The lowest BCUT2D eigenvalue weighted by molar-refractivity contribution is -0.142. The molecule has 0 fully saturated rings. The quantitative estimate of drug-likeness (QED) is 0.585. The van der Waals surface area contributed by atoms with Crippen molar-refractivity contribution in [2.24, 2.45) is 0 Å². The first kappa shape index (κ1) is 15.5. The highest BCUT2D eigenvalue weighted by Gasteiger charge is 2.08. The van der Waals surface area contributed by atoms with Crippen LogP contribution in [0, 0.1) is 5.82 Å². The Morgan fingerprint density at radius 2 is 2.21 bits per heavy atom. The monoisotopic (exact) mass is 287 g/mol. The van der Waals surface area contributed by atoms with Gasteiger partial charge < -0.3 is 15.2 Å². The number of carboxylic acid groups (broad SMARTS) is 1. The van der Waals surface area contributed by atoms with E-state index >= 15 is 0 Å². The van der Waals surface area contributed by atoms with Crippen molar-refractivity contribution in [2.45, 2.75) is 4.90 Å². The minimum Gasteiger partial charge on any atom is -0.480 e. The van der Waals surface area contributed by atoms with E-state index in [0.717, 1.165) is 0 Å². The number of aliphatic carboxylic acids is 1. The van der Waals surface area contributed by atoms with Crippen molar-refractivity contribution in [3.05, 3.63) is 29.6 Å². The molecule has 0 atom stereocenters. The zero-order chi connectivity index (χ0) is 14.3. The Morgan fingerprint density at radius 3 is 2.84 bits per heavy atom. The predicted octanol–water partition coefficient (Wildman–Crippen LogP) is 1.38. The lowest BCUT2D eigenvalue weighted by atomic mass is 10.2.